The van der Waals surface area contributed by atoms with E-state index in [1.165, 1.54) is 6.07 Å². The molecule has 9 heteroatoms. The molecule has 0 saturated carbocycles. The van der Waals surface area contributed by atoms with Crippen LogP contribution < -0.4 is 4.74 Å². The molecule has 1 aromatic heterocycles. The Morgan fingerprint density at radius 1 is 1.00 bits per heavy atom. The average molecular weight is 353 g/mol. The monoisotopic (exact) mass is 353 g/mol. The maximum absolute atomic E-state index is 12.4. The van der Waals surface area contributed by atoms with Crippen LogP contribution in [0.5, 0.6) is 5.75 Å². The average Bonchev–Trinajstić information content (AvgIpc) is 2.61. The number of fused-ring (bicyclic) bond motifs is 1. The zero-order valence-corrected chi connectivity index (χ0v) is 13.4. The van der Waals surface area contributed by atoms with Crippen LogP contribution in [0.2, 0.25) is 0 Å². The van der Waals surface area contributed by atoms with Crippen LogP contribution in [0.4, 0.5) is 11.4 Å². The summed E-state index contributed by atoms with van der Waals surface area (Å²) in [5.41, 5.74) is -0.278. The van der Waals surface area contributed by atoms with Crippen LogP contribution in [0.25, 0.3) is 10.9 Å². The van der Waals surface area contributed by atoms with Gasteiger partial charge in [-0.15, -0.1) is 0 Å². The molecule has 0 amide bonds. The number of nitrogens with zero attached hydrogens (tertiary/aromatic N) is 3. The zero-order chi connectivity index (χ0) is 18.8. The predicted octanol–water partition coefficient (Wildman–Crippen LogP) is 3.58. The molecule has 3 rings (SSSR count). The van der Waals surface area contributed by atoms with Gasteiger partial charge in [0.1, 0.15) is 5.52 Å². The van der Waals surface area contributed by atoms with E-state index < -0.39 is 27.2 Å². The SMILES string of the molecule is Cc1ccc2cccc(OC(=O)c3cc([N+](=O)[O-])cc([N+](=O)[O-])c3)c2n1. The first-order chi connectivity index (χ1) is 12.3. The van der Waals surface area contributed by atoms with E-state index in [-0.39, 0.29) is 11.3 Å². The number of rotatable bonds is 4. The number of non-ortho nitro benzene ring substituents is 2. The van der Waals surface area contributed by atoms with Crippen molar-refractivity contribution in [2.24, 2.45) is 0 Å². The maximum Gasteiger partial charge on any atom is 0.344 e. The van der Waals surface area contributed by atoms with Gasteiger partial charge < -0.3 is 4.74 Å². The van der Waals surface area contributed by atoms with Gasteiger partial charge in [-0.2, -0.15) is 0 Å². The van der Waals surface area contributed by atoms with Gasteiger partial charge in [-0.1, -0.05) is 18.2 Å². The molecule has 0 radical (unpaired) electrons. The second kappa shape index (κ2) is 6.55. The van der Waals surface area contributed by atoms with E-state index >= 15 is 0 Å². The molecule has 0 fully saturated rings. The van der Waals surface area contributed by atoms with Crippen molar-refractivity contribution in [3.63, 3.8) is 0 Å². The molecule has 0 unspecified atom stereocenters. The molecule has 1 heterocycles. The highest BCUT2D eigenvalue weighted by Gasteiger charge is 2.21. The first kappa shape index (κ1) is 17.0. The molecular formula is C17H11N3O6. The number of esters is 1. The Hall–Kier alpha value is -3.88. The van der Waals surface area contributed by atoms with E-state index in [2.05, 4.69) is 4.98 Å². The number of nitro benzene ring substituents is 2. The lowest BCUT2D eigenvalue weighted by molar-refractivity contribution is -0.394. The highest BCUT2D eigenvalue weighted by atomic mass is 16.6. The van der Waals surface area contributed by atoms with Crippen LogP contribution in [0.1, 0.15) is 16.1 Å². The summed E-state index contributed by atoms with van der Waals surface area (Å²) in [4.78, 5) is 37.0. The number of nitro groups is 2. The lowest BCUT2D eigenvalue weighted by Gasteiger charge is -2.08. The van der Waals surface area contributed by atoms with Crippen LogP contribution in [0.15, 0.2) is 48.5 Å². The van der Waals surface area contributed by atoms with Crippen LogP contribution in [-0.4, -0.2) is 20.8 Å². The molecule has 0 N–H and O–H groups in total. The Balaban J connectivity index is 2.02. The molecule has 3 aromatic rings. The van der Waals surface area contributed by atoms with Gasteiger partial charge in [0.2, 0.25) is 0 Å². The Labute approximate surface area is 146 Å². The second-order valence-corrected chi connectivity index (χ2v) is 5.42. The van der Waals surface area contributed by atoms with Gasteiger partial charge in [-0.3, -0.25) is 20.2 Å². The van der Waals surface area contributed by atoms with E-state index in [0.717, 1.165) is 23.6 Å². The van der Waals surface area contributed by atoms with Crippen LogP contribution in [-0.2, 0) is 0 Å². The Morgan fingerprint density at radius 3 is 2.27 bits per heavy atom. The molecule has 0 spiro atoms. The van der Waals surface area contributed by atoms with E-state index in [9.17, 15) is 25.0 Å². The quantitative estimate of drug-likeness (QED) is 0.304. The number of para-hydroxylation sites is 1. The van der Waals surface area contributed by atoms with Crippen molar-refractivity contribution in [2.75, 3.05) is 0 Å². The van der Waals surface area contributed by atoms with Gasteiger partial charge in [0.15, 0.2) is 5.75 Å². The van der Waals surface area contributed by atoms with E-state index in [1.54, 1.807) is 25.1 Å². The topological polar surface area (TPSA) is 125 Å². The van der Waals surface area contributed by atoms with Crippen molar-refractivity contribution >= 4 is 28.2 Å². The molecule has 2 aromatic carbocycles. The number of hydrogen-bond acceptors (Lipinski definition) is 7. The third-order valence-electron chi connectivity index (χ3n) is 3.58. The molecular weight excluding hydrogens is 342 g/mol. The molecule has 130 valence electrons. The van der Waals surface area contributed by atoms with Gasteiger partial charge in [-0.25, -0.2) is 9.78 Å². The zero-order valence-electron chi connectivity index (χ0n) is 13.4. The largest absolute Gasteiger partial charge is 0.421 e. The van der Waals surface area contributed by atoms with Crippen molar-refractivity contribution in [1.82, 2.24) is 4.98 Å². The lowest BCUT2D eigenvalue weighted by Crippen LogP contribution is -2.10. The normalized spacial score (nSPS) is 10.5. The summed E-state index contributed by atoms with van der Waals surface area (Å²) in [6.07, 6.45) is 0. The smallest absolute Gasteiger partial charge is 0.344 e. The first-order valence-corrected chi connectivity index (χ1v) is 7.37. The minimum Gasteiger partial charge on any atom is -0.421 e. The second-order valence-electron chi connectivity index (χ2n) is 5.42. The number of aromatic nitrogens is 1. The van der Waals surface area contributed by atoms with Gasteiger partial charge in [-0.05, 0) is 19.1 Å². The summed E-state index contributed by atoms with van der Waals surface area (Å²) in [7, 11) is 0. The van der Waals surface area contributed by atoms with E-state index in [0.29, 0.717) is 11.2 Å². The Morgan fingerprint density at radius 2 is 1.65 bits per heavy atom. The summed E-state index contributed by atoms with van der Waals surface area (Å²) in [6, 6.07) is 11.2. The minimum atomic E-state index is -0.951. The number of aryl methyl sites for hydroxylation is 1. The molecule has 9 nitrogen and oxygen atoms in total. The first-order valence-electron chi connectivity index (χ1n) is 7.37. The minimum absolute atomic E-state index is 0.158. The standard InChI is InChI=1S/C17H11N3O6/c1-10-5-6-11-3-2-4-15(16(11)18-10)26-17(21)12-7-13(19(22)23)9-14(8-12)20(24)25/h2-9H,1H3. The molecule has 0 aliphatic carbocycles. The molecule has 26 heavy (non-hydrogen) atoms. The lowest BCUT2D eigenvalue weighted by atomic mass is 10.1. The fourth-order valence-electron chi connectivity index (χ4n) is 2.38. The third kappa shape index (κ3) is 3.31. The van der Waals surface area contributed by atoms with Crippen LogP contribution in [0.3, 0.4) is 0 Å². The van der Waals surface area contributed by atoms with Gasteiger partial charge in [0, 0.05) is 23.2 Å². The van der Waals surface area contributed by atoms with E-state index in [1.807, 2.05) is 6.07 Å². The Kier molecular flexibility index (Phi) is 4.27. The summed E-state index contributed by atoms with van der Waals surface area (Å²) < 4.78 is 5.29. The number of carbonyl (C=O) groups excluding carboxylic acids is 1. The fraction of sp³-hybridized carbons (Fsp3) is 0.0588. The fourth-order valence-corrected chi connectivity index (χ4v) is 2.38. The van der Waals surface area contributed by atoms with Gasteiger partial charge in [0.25, 0.3) is 11.4 Å². The summed E-state index contributed by atoms with van der Waals surface area (Å²) in [6.45, 7) is 1.78. The van der Waals surface area contributed by atoms with E-state index in [4.69, 9.17) is 4.74 Å². The number of pyridine rings is 1. The number of hydrogen-bond donors (Lipinski definition) is 0. The van der Waals surface area contributed by atoms with Crippen molar-refractivity contribution in [2.45, 2.75) is 6.92 Å². The molecule has 0 atom stereocenters. The van der Waals surface area contributed by atoms with Crippen LogP contribution >= 0.6 is 0 Å². The van der Waals surface area contributed by atoms with Gasteiger partial charge >= 0.3 is 5.97 Å². The molecule has 0 saturated heterocycles. The van der Waals surface area contributed by atoms with Gasteiger partial charge in [0.05, 0.1) is 21.5 Å². The predicted molar refractivity (Wildman–Crippen MR) is 91.2 cm³/mol. The number of benzene rings is 2. The number of ether oxygens (including phenoxy) is 1. The number of carbonyl (C=O) groups is 1. The van der Waals surface area contributed by atoms with Crippen molar-refractivity contribution < 1.29 is 19.4 Å². The molecule has 0 aliphatic rings. The molecule has 0 aliphatic heterocycles. The van der Waals surface area contributed by atoms with Crippen molar-refractivity contribution in [1.29, 1.82) is 0 Å². The highest BCUT2D eigenvalue weighted by molar-refractivity contribution is 5.95. The molecule has 0 bridgehead atoms. The summed E-state index contributed by atoms with van der Waals surface area (Å²) in [5, 5.41) is 22.6. The van der Waals surface area contributed by atoms with Crippen molar-refractivity contribution in [3.8, 4) is 5.75 Å². The maximum atomic E-state index is 12.4. The summed E-state index contributed by atoms with van der Waals surface area (Å²) >= 11 is 0. The third-order valence-corrected chi connectivity index (χ3v) is 3.58. The summed E-state index contributed by atoms with van der Waals surface area (Å²) in [5.74, 6) is -0.794. The Bertz CT molecular complexity index is 1030. The van der Waals surface area contributed by atoms with Crippen LogP contribution in [0, 0.1) is 27.2 Å². The highest BCUT2D eigenvalue weighted by Crippen LogP contribution is 2.27. The van der Waals surface area contributed by atoms with Crippen molar-refractivity contribution in [3.05, 3.63) is 80.0 Å².